The molecule has 6 nitrogen and oxygen atoms in total. The van der Waals surface area contributed by atoms with E-state index >= 15 is 0 Å². The van der Waals surface area contributed by atoms with E-state index in [9.17, 15) is 13.2 Å². The summed E-state index contributed by atoms with van der Waals surface area (Å²) in [7, 11) is -3.72. The van der Waals surface area contributed by atoms with Gasteiger partial charge in [-0.3, -0.25) is 9.52 Å². The maximum Gasteiger partial charge on any atom is 0.261 e. The van der Waals surface area contributed by atoms with Crippen LogP contribution in [0.25, 0.3) is 0 Å². The highest BCUT2D eigenvalue weighted by Gasteiger charge is 2.15. The van der Waals surface area contributed by atoms with Gasteiger partial charge >= 0.3 is 0 Å². The zero-order valence-electron chi connectivity index (χ0n) is 15.9. The van der Waals surface area contributed by atoms with E-state index in [2.05, 4.69) is 10.0 Å². The van der Waals surface area contributed by atoms with Gasteiger partial charge in [-0.2, -0.15) is 0 Å². The fraction of sp³-hybridized carbons (Fsp3) is 0.136. The second-order valence-electron chi connectivity index (χ2n) is 6.50. The van der Waals surface area contributed by atoms with E-state index < -0.39 is 10.0 Å². The third-order valence-corrected chi connectivity index (χ3v) is 5.45. The smallest absolute Gasteiger partial charge is 0.261 e. The number of amides is 1. The molecule has 0 aliphatic heterocycles. The third kappa shape index (κ3) is 5.83. The minimum atomic E-state index is -3.72. The van der Waals surface area contributed by atoms with Crippen molar-refractivity contribution < 1.29 is 17.9 Å². The van der Waals surface area contributed by atoms with Crippen LogP contribution in [0.2, 0.25) is 0 Å². The first kappa shape index (κ1) is 20.4. The van der Waals surface area contributed by atoms with Gasteiger partial charge in [0.05, 0.1) is 10.9 Å². The van der Waals surface area contributed by atoms with Crippen molar-refractivity contribution in [3.8, 4) is 5.75 Å². The molecule has 2 N–H and O–H groups in total. The summed E-state index contributed by atoms with van der Waals surface area (Å²) in [5, 5.41) is 2.85. The lowest BCUT2D eigenvalue weighted by molar-refractivity contribution is 0.0926. The van der Waals surface area contributed by atoms with Crippen molar-refractivity contribution in [3.05, 3.63) is 90.5 Å². The van der Waals surface area contributed by atoms with Gasteiger partial charge in [-0.15, -0.1) is 0 Å². The quantitative estimate of drug-likeness (QED) is 0.593. The summed E-state index contributed by atoms with van der Waals surface area (Å²) in [6, 6.07) is 23.5. The molecule has 0 spiro atoms. The Morgan fingerprint density at radius 2 is 1.59 bits per heavy atom. The van der Waals surface area contributed by atoms with Crippen molar-refractivity contribution in [2.45, 2.75) is 17.9 Å². The number of benzene rings is 3. The molecule has 0 fully saturated rings. The van der Waals surface area contributed by atoms with Gasteiger partial charge < -0.3 is 10.1 Å². The number of carbonyl (C=O) groups is 1. The number of rotatable bonds is 8. The van der Waals surface area contributed by atoms with E-state index in [1.165, 1.54) is 18.2 Å². The van der Waals surface area contributed by atoms with Crippen LogP contribution in [0.4, 0.5) is 5.69 Å². The largest absolute Gasteiger partial charge is 0.491 e. The summed E-state index contributed by atoms with van der Waals surface area (Å²) < 4.78 is 33.0. The Kier molecular flexibility index (Phi) is 6.51. The van der Waals surface area contributed by atoms with Crippen molar-refractivity contribution in [3.63, 3.8) is 0 Å². The number of para-hydroxylation sites is 1. The van der Waals surface area contributed by atoms with Gasteiger partial charge in [-0.1, -0.05) is 42.5 Å². The Balaban J connectivity index is 1.62. The SMILES string of the molecule is CC(COc1ccccc1)NC(=O)c1cccc(NS(=O)(=O)c2ccccc2)c1. The molecule has 0 saturated carbocycles. The Morgan fingerprint density at radius 3 is 2.28 bits per heavy atom. The molecule has 0 bridgehead atoms. The number of hydrogen-bond acceptors (Lipinski definition) is 4. The van der Waals surface area contributed by atoms with Gasteiger partial charge in [0.2, 0.25) is 0 Å². The average Bonchev–Trinajstić information content (AvgIpc) is 2.73. The Labute approximate surface area is 170 Å². The topological polar surface area (TPSA) is 84.5 Å². The van der Waals surface area contributed by atoms with Crippen LogP contribution in [0.1, 0.15) is 17.3 Å². The molecule has 0 aliphatic rings. The van der Waals surface area contributed by atoms with E-state index in [1.807, 2.05) is 37.3 Å². The highest BCUT2D eigenvalue weighted by molar-refractivity contribution is 7.92. The molecular formula is C22H22N2O4S. The van der Waals surface area contributed by atoms with Crippen molar-refractivity contribution >= 4 is 21.6 Å². The number of anilines is 1. The fourth-order valence-corrected chi connectivity index (χ4v) is 3.69. The molecule has 3 rings (SSSR count). The second-order valence-corrected chi connectivity index (χ2v) is 8.18. The first-order valence-electron chi connectivity index (χ1n) is 9.11. The third-order valence-electron chi connectivity index (χ3n) is 4.05. The number of sulfonamides is 1. The minimum Gasteiger partial charge on any atom is -0.491 e. The van der Waals surface area contributed by atoms with Crippen LogP contribution in [0, 0.1) is 0 Å². The maximum absolute atomic E-state index is 12.5. The van der Waals surface area contributed by atoms with Crippen LogP contribution >= 0.6 is 0 Å². The summed E-state index contributed by atoms with van der Waals surface area (Å²) in [5.41, 5.74) is 0.666. The van der Waals surface area contributed by atoms with Gasteiger partial charge in [0, 0.05) is 11.3 Å². The molecule has 3 aromatic rings. The van der Waals surface area contributed by atoms with Crippen molar-refractivity contribution in [1.82, 2.24) is 5.32 Å². The highest BCUT2D eigenvalue weighted by Crippen LogP contribution is 2.17. The van der Waals surface area contributed by atoms with Crippen LogP contribution in [0.3, 0.4) is 0 Å². The van der Waals surface area contributed by atoms with E-state index in [1.54, 1.807) is 36.4 Å². The van der Waals surface area contributed by atoms with E-state index in [-0.39, 0.29) is 16.8 Å². The summed E-state index contributed by atoms with van der Waals surface area (Å²) in [5.74, 6) is 0.417. The molecular weight excluding hydrogens is 388 g/mol. The minimum absolute atomic E-state index is 0.154. The normalized spacial score (nSPS) is 12.0. The molecule has 0 aromatic heterocycles. The summed E-state index contributed by atoms with van der Waals surface area (Å²) in [6.07, 6.45) is 0. The fourth-order valence-electron chi connectivity index (χ4n) is 2.62. The van der Waals surface area contributed by atoms with Gasteiger partial charge in [0.25, 0.3) is 15.9 Å². The van der Waals surface area contributed by atoms with Crippen LogP contribution < -0.4 is 14.8 Å². The molecule has 0 aliphatic carbocycles. The monoisotopic (exact) mass is 410 g/mol. The van der Waals surface area contributed by atoms with Gasteiger partial charge in [0.15, 0.2) is 0 Å². The lowest BCUT2D eigenvalue weighted by Gasteiger charge is -2.15. The molecule has 0 saturated heterocycles. The van der Waals surface area contributed by atoms with Gasteiger partial charge in [-0.05, 0) is 49.4 Å². The highest BCUT2D eigenvalue weighted by atomic mass is 32.2. The number of ether oxygens (including phenoxy) is 1. The predicted molar refractivity (Wildman–Crippen MR) is 113 cm³/mol. The molecule has 150 valence electrons. The van der Waals surface area contributed by atoms with Crippen LogP contribution in [-0.2, 0) is 10.0 Å². The van der Waals surface area contributed by atoms with Crippen molar-refractivity contribution in [1.29, 1.82) is 0 Å². The summed E-state index contributed by atoms with van der Waals surface area (Å²) in [6.45, 7) is 2.15. The number of carbonyl (C=O) groups excluding carboxylic acids is 1. The zero-order chi connectivity index (χ0) is 20.7. The standard InChI is InChI=1S/C22H22N2O4S/c1-17(16-28-20-11-4-2-5-12-20)23-22(25)18-9-8-10-19(15-18)24-29(26,27)21-13-6-3-7-14-21/h2-15,17,24H,16H2,1H3,(H,23,25). The Hall–Kier alpha value is -3.32. The van der Waals surface area contributed by atoms with E-state index in [0.29, 0.717) is 17.9 Å². The summed E-state index contributed by atoms with van der Waals surface area (Å²) in [4.78, 5) is 12.7. The van der Waals surface area contributed by atoms with Crippen molar-refractivity contribution in [2.75, 3.05) is 11.3 Å². The first-order chi connectivity index (χ1) is 13.9. The Morgan fingerprint density at radius 1 is 0.931 bits per heavy atom. The molecule has 1 amide bonds. The lowest BCUT2D eigenvalue weighted by Crippen LogP contribution is -2.36. The zero-order valence-corrected chi connectivity index (χ0v) is 16.7. The van der Waals surface area contributed by atoms with Crippen LogP contribution in [0.15, 0.2) is 89.8 Å². The first-order valence-corrected chi connectivity index (χ1v) is 10.6. The number of hydrogen-bond donors (Lipinski definition) is 2. The second kappa shape index (κ2) is 9.25. The summed E-state index contributed by atoms with van der Waals surface area (Å²) >= 11 is 0. The van der Waals surface area contributed by atoms with Crippen molar-refractivity contribution in [2.24, 2.45) is 0 Å². The van der Waals surface area contributed by atoms with E-state index in [0.717, 1.165) is 5.75 Å². The molecule has 1 unspecified atom stereocenters. The molecule has 7 heteroatoms. The molecule has 3 aromatic carbocycles. The Bertz CT molecular complexity index is 1050. The van der Waals surface area contributed by atoms with Crippen LogP contribution in [0.5, 0.6) is 5.75 Å². The van der Waals surface area contributed by atoms with Crippen LogP contribution in [-0.4, -0.2) is 27.0 Å². The number of nitrogens with one attached hydrogen (secondary N) is 2. The molecule has 1 atom stereocenters. The predicted octanol–water partition coefficient (Wildman–Crippen LogP) is 3.68. The lowest BCUT2D eigenvalue weighted by atomic mass is 10.2. The maximum atomic E-state index is 12.5. The van der Waals surface area contributed by atoms with Gasteiger partial charge in [0.1, 0.15) is 12.4 Å². The van der Waals surface area contributed by atoms with E-state index in [4.69, 9.17) is 4.74 Å². The molecule has 29 heavy (non-hydrogen) atoms. The molecule has 0 heterocycles. The van der Waals surface area contributed by atoms with Gasteiger partial charge in [-0.25, -0.2) is 8.42 Å². The molecule has 0 radical (unpaired) electrons. The average molecular weight is 410 g/mol.